The van der Waals surface area contributed by atoms with E-state index in [1.54, 1.807) is 6.33 Å². The zero-order valence-corrected chi connectivity index (χ0v) is 12.4. The monoisotopic (exact) mass is 278 g/mol. The molecule has 3 rings (SSSR count). The summed E-state index contributed by atoms with van der Waals surface area (Å²) in [7, 11) is 0. The van der Waals surface area contributed by atoms with Gasteiger partial charge in [-0.25, -0.2) is 4.98 Å². The van der Waals surface area contributed by atoms with Crippen molar-refractivity contribution in [2.75, 3.05) is 13.2 Å². The first-order valence-electron chi connectivity index (χ1n) is 8.04. The molecule has 2 atom stereocenters. The molecule has 1 aromatic heterocycles. The first-order valence-corrected chi connectivity index (χ1v) is 8.04. The van der Waals surface area contributed by atoms with Gasteiger partial charge in [0.05, 0.1) is 6.10 Å². The zero-order chi connectivity index (χ0) is 13.8. The Balaban J connectivity index is 1.53. The highest BCUT2D eigenvalue weighted by Gasteiger charge is 2.55. The molecular formula is C15H26N4O. The number of ether oxygens (including phenoxy) is 1. The summed E-state index contributed by atoms with van der Waals surface area (Å²) >= 11 is 0. The molecule has 2 aliphatic carbocycles. The Hall–Kier alpha value is -0.940. The van der Waals surface area contributed by atoms with E-state index in [0.717, 1.165) is 25.4 Å². The molecule has 1 aromatic rings. The molecule has 0 bridgehead atoms. The van der Waals surface area contributed by atoms with Crippen LogP contribution in [0.15, 0.2) is 6.33 Å². The summed E-state index contributed by atoms with van der Waals surface area (Å²) in [6, 6.07) is 0.627. The van der Waals surface area contributed by atoms with Gasteiger partial charge < -0.3 is 10.1 Å². The fourth-order valence-electron chi connectivity index (χ4n) is 4.07. The van der Waals surface area contributed by atoms with Crippen LogP contribution in [0.4, 0.5) is 0 Å². The van der Waals surface area contributed by atoms with Gasteiger partial charge in [0.1, 0.15) is 12.2 Å². The number of nitrogens with one attached hydrogen (secondary N) is 2. The van der Waals surface area contributed by atoms with E-state index in [0.29, 0.717) is 17.6 Å². The minimum Gasteiger partial charge on any atom is -0.378 e. The fourth-order valence-corrected chi connectivity index (χ4v) is 4.07. The van der Waals surface area contributed by atoms with Gasteiger partial charge >= 0.3 is 0 Å². The molecule has 0 amide bonds. The molecule has 0 saturated heterocycles. The van der Waals surface area contributed by atoms with E-state index >= 15 is 0 Å². The van der Waals surface area contributed by atoms with Crippen molar-refractivity contribution >= 4 is 0 Å². The first-order chi connectivity index (χ1) is 9.85. The van der Waals surface area contributed by atoms with E-state index in [-0.39, 0.29) is 0 Å². The largest absolute Gasteiger partial charge is 0.378 e. The normalized spacial score (nSPS) is 28.4. The van der Waals surface area contributed by atoms with Crippen LogP contribution in [0.3, 0.4) is 0 Å². The summed E-state index contributed by atoms with van der Waals surface area (Å²) in [6.45, 7) is 3.93. The number of aromatic nitrogens is 3. The van der Waals surface area contributed by atoms with Crippen molar-refractivity contribution in [2.45, 2.75) is 64.0 Å². The van der Waals surface area contributed by atoms with Gasteiger partial charge in [0, 0.05) is 31.0 Å². The highest BCUT2D eigenvalue weighted by molar-refractivity contribution is 5.09. The molecule has 2 N–H and O–H groups in total. The van der Waals surface area contributed by atoms with Crippen LogP contribution in [0.5, 0.6) is 0 Å². The van der Waals surface area contributed by atoms with Crippen LogP contribution in [0.25, 0.3) is 0 Å². The maximum absolute atomic E-state index is 5.99. The van der Waals surface area contributed by atoms with Crippen LogP contribution in [-0.4, -0.2) is 40.5 Å². The summed E-state index contributed by atoms with van der Waals surface area (Å²) in [5, 5.41) is 10.5. The van der Waals surface area contributed by atoms with Gasteiger partial charge in [-0.3, -0.25) is 5.10 Å². The molecule has 2 saturated carbocycles. The van der Waals surface area contributed by atoms with Gasteiger partial charge in [-0.05, 0) is 26.2 Å². The second kappa shape index (κ2) is 6.22. The van der Waals surface area contributed by atoms with Crippen LogP contribution >= 0.6 is 0 Å². The second-order valence-corrected chi connectivity index (χ2v) is 6.16. The maximum atomic E-state index is 5.99. The summed E-state index contributed by atoms with van der Waals surface area (Å²) in [5.41, 5.74) is 0.412. The molecule has 0 radical (unpaired) electrons. The lowest BCUT2D eigenvalue weighted by atomic mass is 9.55. The van der Waals surface area contributed by atoms with E-state index in [2.05, 4.69) is 27.4 Å². The van der Waals surface area contributed by atoms with E-state index in [9.17, 15) is 0 Å². The minimum absolute atomic E-state index is 0.412. The predicted octanol–water partition coefficient (Wildman–Crippen LogP) is 2.06. The lowest BCUT2D eigenvalue weighted by Crippen LogP contribution is -2.64. The molecule has 112 valence electrons. The van der Waals surface area contributed by atoms with Crippen molar-refractivity contribution in [3.63, 3.8) is 0 Å². The molecule has 0 aromatic carbocycles. The smallest absolute Gasteiger partial charge is 0.137 e. The predicted molar refractivity (Wildman–Crippen MR) is 77.4 cm³/mol. The lowest BCUT2D eigenvalue weighted by Gasteiger charge is -2.58. The summed E-state index contributed by atoms with van der Waals surface area (Å²) in [6.07, 6.45) is 10.9. The van der Waals surface area contributed by atoms with Crippen LogP contribution in [0.1, 0.15) is 51.3 Å². The molecule has 2 fully saturated rings. The summed E-state index contributed by atoms with van der Waals surface area (Å²) in [4.78, 5) is 4.17. The lowest BCUT2D eigenvalue weighted by molar-refractivity contribution is -0.149. The van der Waals surface area contributed by atoms with Gasteiger partial charge in [-0.15, -0.1) is 0 Å². The Morgan fingerprint density at radius 3 is 2.95 bits per heavy atom. The SMILES string of the molecule is CCOC1CC(NCCc2ncn[nH]2)C12CCCCC2. The van der Waals surface area contributed by atoms with E-state index in [1.165, 1.54) is 38.5 Å². The molecule has 2 unspecified atom stereocenters. The molecular weight excluding hydrogens is 252 g/mol. The molecule has 20 heavy (non-hydrogen) atoms. The van der Waals surface area contributed by atoms with Crippen molar-refractivity contribution in [3.05, 3.63) is 12.2 Å². The number of rotatable bonds is 6. The van der Waals surface area contributed by atoms with Crippen molar-refractivity contribution in [2.24, 2.45) is 5.41 Å². The van der Waals surface area contributed by atoms with Crippen molar-refractivity contribution in [1.82, 2.24) is 20.5 Å². The Morgan fingerprint density at radius 2 is 2.25 bits per heavy atom. The van der Waals surface area contributed by atoms with Crippen LogP contribution in [0, 0.1) is 5.41 Å². The molecule has 5 nitrogen and oxygen atoms in total. The van der Waals surface area contributed by atoms with Gasteiger partial charge in [0.25, 0.3) is 0 Å². The van der Waals surface area contributed by atoms with Crippen molar-refractivity contribution in [3.8, 4) is 0 Å². The molecule has 2 aliphatic rings. The number of H-pyrrole nitrogens is 1. The topological polar surface area (TPSA) is 62.8 Å². The molecule has 0 aliphatic heterocycles. The second-order valence-electron chi connectivity index (χ2n) is 6.16. The van der Waals surface area contributed by atoms with Gasteiger partial charge in [-0.1, -0.05) is 19.3 Å². The quantitative estimate of drug-likeness (QED) is 0.836. The number of hydrogen-bond acceptors (Lipinski definition) is 4. The Kier molecular flexibility index (Phi) is 4.36. The van der Waals surface area contributed by atoms with Crippen molar-refractivity contribution < 1.29 is 4.74 Å². The number of nitrogens with zero attached hydrogens (tertiary/aromatic N) is 2. The summed E-state index contributed by atoms with van der Waals surface area (Å²) < 4.78 is 5.99. The molecule has 1 heterocycles. The summed E-state index contributed by atoms with van der Waals surface area (Å²) in [5.74, 6) is 0.968. The maximum Gasteiger partial charge on any atom is 0.137 e. The molecule has 1 spiro atoms. The van der Waals surface area contributed by atoms with Crippen LogP contribution < -0.4 is 5.32 Å². The minimum atomic E-state index is 0.412. The zero-order valence-electron chi connectivity index (χ0n) is 12.4. The standard InChI is InChI=1S/C15H26N4O/c1-2-20-13-10-12(15(13)7-4-3-5-8-15)16-9-6-14-17-11-18-19-14/h11-13,16H,2-10H2,1H3,(H,17,18,19). The van der Waals surface area contributed by atoms with Gasteiger partial charge in [0.15, 0.2) is 0 Å². The Morgan fingerprint density at radius 1 is 1.40 bits per heavy atom. The van der Waals surface area contributed by atoms with Crippen molar-refractivity contribution in [1.29, 1.82) is 0 Å². The average molecular weight is 278 g/mol. The van der Waals surface area contributed by atoms with Crippen LogP contribution in [0.2, 0.25) is 0 Å². The fraction of sp³-hybridized carbons (Fsp3) is 0.867. The van der Waals surface area contributed by atoms with Crippen LogP contribution in [-0.2, 0) is 11.2 Å². The average Bonchev–Trinajstić information content (AvgIpc) is 3.00. The van der Waals surface area contributed by atoms with E-state index in [4.69, 9.17) is 4.74 Å². The highest BCUT2D eigenvalue weighted by Crippen LogP contribution is 2.53. The Bertz CT molecular complexity index is 400. The first kappa shape index (κ1) is 14.0. The third-order valence-corrected chi connectivity index (χ3v) is 5.15. The number of aromatic amines is 1. The highest BCUT2D eigenvalue weighted by atomic mass is 16.5. The Labute approximate surface area is 120 Å². The van der Waals surface area contributed by atoms with Gasteiger partial charge in [0.2, 0.25) is 0 Å². The number of hydrogen-bond donors (Lipinski definition) is 2. The van der Waals surface area contributed by atoms with E-state index in [1.807, 2.05) is 0 Å². The third-order valence-electron chi connectivity index (χ3n) is 5.15. The molecule has 5 heteroatoms. The van der Waals surface area contributed by atoms with Gasteiger partial charge in [-0.2, -0.15) is 5.10 Å². The van der Waals surface area contributed by atoms with E-state index < -0.39 is 0 Å². The third kappa shape index (κ3) is 2.61.